The lowest BCUT2D eigenvalue weighted by Crippen LogP contribution is -2.67. The van der Waals surface area contributed by atoms with E-state index in [-0.39, 0.29) is 11.1 Å². The molecule has 1 N–H and O–H groups in total. The predicted octanol–water partition coefficient (Wildman–Crippen LogP) is 3.13. The SMILES string of the molecule is CCC1(C)CN(Cc2ncccc2C)C(C)(CC)CN1. The number of pyridine rings is 1. The van der Waals surface area contributed by atoms with Gasteiger partial charge < -0.3 is 5.32 Å². The lowest BCUT2D eigenvalue weighted by molar-refractivity contribution is 0.00941. The summed E-state index contributed by atoms with van der Waals surface area (Å²) in [6.07, 6.45) is 4.23. The Labute approximate surface area is 123 Å². The Balaban J connectivity index is 2.22. The van der Waals surface area contributed by atoms with E-state index in [1.165, 1.54) is 11.3 Å². The van der Waals surface area contributed by atoms with Crippen molar-refractivity contribution in [2.45, 2.75) is 65.1 Å². The molecule has 0 aromatic carbocycles. The largest absolute Gasteiger partial charge is 0.308 e. The number of rotatable bonds is 4. The van der Waals surface area contributed by atoms with E-state index in [9.17, 15) is 0 Å². The molecule has 2 heterocycles. The molecule has 1 saturated heterocycles. The first-order chi connectivity index (χ1) is 9.42. The van der Waals surface area contributed by atoms with Crippen LogP contribution in [0.5, 0.6) is 0 Å². The van der Waals surface area contributed by atoms with Gasteiger partial charge in [0, 0.05) is 36.9 Å². The minimum Gasteiger partial charge on any atom is -0.308 e. The topological polar surface area (TPSA) is 28.2 Å². The van der Waals surface area contributed by atoms with Gasteiger partial charge in [0.05, 0.1) is 5.69 Å². The average Bonchev–Trinajstić information content (AvgIpc) is 2.46. The minimum atomic E-state index is 0.220. The molecule has 1 aromatic heterocycles. The number of nitrogens with one attached hydrogen (secondary N) is 1. The van der Waals surface area contributed by atoms with Crippen LogP contribution in [-0.2, 0) is 6.54 Å². The van der Waals surface area contributed by atoms with Crippen LogP contribution in [-0.4, -0.2) is 34.1 Å². The van der Waals surface area contributed by atoms with Gasteiger partial charge in [0.1, 0.15) is 0 Å². The van der Waals surface area contributed by atoms with Crippen LogP contribution in [0.1, 0.15) is 51.8 Å². The van der Waals surface area contributed by atoms with Gasteiger partial charge in [-0.3, -0.25) is 9.88 Å². The number of hydrogen-bond acceptors (Lipinski definition) is 3. The molecule has 0 bridgehead atoms. The van der Waals surface area contributed by atoms with Crippen LogP contribution in [0.2, 0.25) is 0 Å². The number of piperazine rings is 1. The first-order valence-electron chi connectivity index (χ1n) is 7.83. The van der Waals surface area contributed by atoms with Crippen molar-refractivity contribution in [2.24, 2.45) is 0 Å². The van der Waals surface area contributed by atoms with Crippen LogP contribution in [0.4, 0.5) is 0 Å². The number of aromatic nitrogens is 1. The molecule has 2 atom stereocenters. The molecule has 1 fully saturated rings. The van der Waals surface area contributed by atoms with Crippen LogP contribution in [0.3, 0.4) is 0 Å². The highest BCUT2D eigenvalue weighted by atomic mass is 15.3. The molecule has 20 heavy (non-hydrogen) atoms. The number of nitrogens with zero attached hydrogens (tertiary/aromatic N) is 2. The molecule has 3 heteroatoms. The van der Waals surface area contributed by atoms with Gasteiger partial charge in [0.2, 0.25) is 0 Å². The van der Waals surface area contributed by atoms with Crippen LogP contribution in [0.25, 0.3) is 0 Å². The van der Waals surface area contributed by atoms with Crippen LogP contribution in [0, 0.1) is 6.92 Å². The summed E-state index contributed by atoms with van der Waals surface area (Å²) in [5.41, 5.74) is 2.95. The third-order valence-electron chi connectivity index (χ3n) is 5.20. The standard InChI is InChI=1S/C17H29N3/c1-6-16(4)13-20(17(5,7-2)12-19-16)11-15-14(3)9-8-10-18-15/h8-10,19H,6-7,11-13H2,1-5H3. The van der Waals surface area contributed by atoms with Crippen molar-refractivity contribution in [2.75, 3.05) is 13.1 Å². The Bertz CT molecular complexity index is 459. The molecule has 3 nitrogen and oxygen atoms in total. The average molecular weight is 275 g/mol. The van der Waals surface area contributed by atoms with E-state index in [2.05, 4.69) is 55.9 Å². The zero-order chi connectivity index (χ0) is 14.8. The number of aryl methyl sites for hydroxylation is 1. The summed E-state index contributed by atoms with van der Waals surface area (Å²) >= 11 is 0. The van der Waals surface area contributed by atoms with Gasteiger partial charge in [-0.15, -0.1) is 0 Å². The van der Waals surface area contributed by atoms with Gasteiger partial charge in [-0.2, -0.15) is 0 Å². The van der Waals surface area contributed by atoms with Gasteiger partial charge in [-0.25, -0.2) is 0 Å². The van der Waals surface area contributed by atoms with E-state index in [1.54, 1.807) is 0 Å². The molecule has 1 aliphatic heterocycles. The third kappa shape index (κ3) is 3.04. The van der Waals surface area contributed by atoms with E-state index in [0.29, 0.717) is 0 Å². The maximum Gasteiger partial charge on any atom is 0.0573 e. The summed E-state index contributed by atoms with van der Waals surface area (Å²) in [4.78, 5) is 7.21. The molecule has 0 saturated carbocycles. The van der Waals surface area contributed by atoms with Crippen molar-refractivity contribution in [1.82, 2.24) is 15.2 Å². The Hall–Kier alpha value is -0.930. The van der Waals surface area contributed by atoms with E-state index < -0.39 is 0 Å². The summed E-state index contributed by atoms with van der Waals surface area (Å²) < 4.78 is 0. The second kappa shape index (κ2) is 5.82. The smallest absolute Gasteiger partial charge is 0.0573 e. The highest BCUT2D eigenvalue weighted by Crippen LogP contribution is 2.29. The summed E-state index contributed by atoms with van der Waals surface area (Å²) in [6, 6.07) is 4.18. The van der Waals surface area contributed by atoms with E-state index >= 15 is 0 Å². The lowest BCUT2D eigenvalue weighted by atomic mass is 9.85. The fourth-order valence-corrected chi connectivity index (χ4v) is 2.88. The summed E-state index contributed by atoms with van der Waals surface area (Å²) in [7, 11) is 0. The van der Waals surface area contributed by atoms with E-state index in [4.69, 9.17) is 0 Å². The summed E-state index contributed by atoms with van der Waals surface area (Å²) in [5.74, 6) is 0. The Morgan fingerprint density at radius 1 is 1.30 bits per heavy atom. The molecule has 2 unspecified atom stereocenters. The van der Waals surface area contributed by atoms with Crippen molar-refractivity contribution < 1.29 is 0 Å². The van der Waals surface area contributed by atoms with E-state index in [0.717, 1.165) is 32.5 Å². The van der Waals surface area contributed by atoms with Gasteiger partial charge in [0.15, 0.2) is 0 Å². The van der Waals surface area contributed by atoms with Crippen molar-refractivity contribution in [3.63, 3.8) is 0 Å². The Morgan fingerprint density at radius 2 is 2.05 bits per heavy atom. The monoisotopic (exact) mass is 275 g/mol. The predicted molar refractivity (Wildman–Crippen MR) is 84.8 cm³/mol. The molecule has 0 aliphatic carbocycles. The van der Waals surface area contributed by atoms with Crippen molar-refractivity contribution >= 4 is 0 Å². The first kappa shape index (κ1) is 15.5. The highest BCUT2D eigenvalue weighted by Gasteiger charge is 2.40. The first-order valence-corrected chi connectivity index (χ1v) is 7.83. The molecule has 0 spiro atoms. The van der Waals surface area contributed by atoms with Gasteiger partial charge in [-0.1, -0.05) is 19.9 Å². The molecule has 1 aromatic rings. The maximum atomic E-state index is 4.58. The van der Waals surface area contributed by atoms with Crippen molar-refractivity contribution in [3.05, 3.63) is 29.6 Å². The zero-order valence-corrected chi connectivity index (χ0v) is 13.7. The summed E-state index contributed by atoms with van der Waals surface area (Å²) in [5, 5.41) is 3.75. The second-order valence-electron chi connectivity index (χ2n) is 6.74. The lowest BCUT2D eigenvalue weighted by Gasteiger charge is -2.52. The Morgan fingerprint density at radius 3 is 2.65 bits per heavy atom. The zero-order valence-electron chi connectivity index (χ0n) is 13.7. The number of hydrogen-bond donors (Lipinski definition) is 1. The molecular formula is C17H29N3. The van der Waals surface area contributed by atoms with Gasteiger partial charge >= 0.3 is 0 Å². The molecule has 1 aliphatic rings. The normalized spacial score (nSPS) is 31.4. The Kier molecular flexibility index (Phi) is 4.50. The molecule has 0 radical (unpaired) electrons. The van der Waals surface area contributed by atoms with Crippen LogP contribution < -0.4 is 5.32 Å². The van der Waals surface area contributed by atoms with Crippen molar-refractivity contribution in [3.8, 4) is 0 Å². The molecule has 0 amide bonds. The van der Waals surface area contributed by atoms with Crippen LogP contribution >= 0.6 is 0 Å². The summed E-state index contributed by atoms with van der Waals surface area (Å²) in [6.45, 7) is 14.5. The maximum absolute atomic E-state index is 4.58. The fourth-order valence-electron chi connectivity index (χ4n) is 2.88. The van der Waals surface area contributed by atoms with Gasteiger partial charge in [0.25, 0.3) is 0 Å². The van der Waals surface area contributed by atoms with Gasteiger partial charge in [-0.05, 0) is 45.2 Å². The van der Waals surface area contributed by atoms with Crippen molar-refractivity contribution in [1.29, 1.82) is 0 Å². The third-order valence-corrected chi connectivity index (χ3v) is 5.20. The molecule has 2 rings (SSSR count). The molecular weight excluding hydrogens is 246 g/mol. The highest BCUT2D eigenvalue weighted by molar-refractivity contribution is 5.18. The second-order valence-corrected chi connectivity index (χ2v) is 6.74. The van der Waals surface area contributed by atoms with E-state index in [1.807, 2.05) is 12.3 Å². The van der Waals surface area contributed by atoms with Crippen LogP contribution in [0.15, 0.2) is 18.3 Å². The minimum absolute atomic E-state index is 0.220. The quantitative estimate of drug-likeness (QED) is 0.915. The molecule has 112 valence electrons. The fraction of sp³-hybridized carbons (Fsp3) is 0.706.